The third-order valence-electron chi connectivity index (χ3n) is 5.26. The van der Waals surface area contributed by atoms with Crippen LogP contribution in [0.2, 0.25) is 0 Å². The quantitative estimate of drug-likeness (QED) is 0.198. The molecule has 0 aromatic carbocycles. The molecule has 0 aliphatic carbocycles. The van der Waals surface area contributed by atoms with Crippen molar-refractivity contribution in [2.75, 3.05) is 13.2 Å². The van der Waals surface area contributed by atoms with E-state index < -0.39 is 6.04 Å². The molecule has 172 valence electrons. The van der Waals surface area contributed by atoms with E-state index in [1.54, 1.807) is 6.92 Å². The third-order valence-corrected chi connectivity index (χ3v) is 5.26. The standard InChI is InChI=1S/C24H47NO4/c1-5-9-11-13-15-17-21(18-16-14-12-10-6-2)25-22(24(27)29-8-4)19-20-23(26)28-7-3/h21-22,25H,5-20H2,1-4H3/t22-/m0/s1. The van der Waals surface area contributed by atoms with Crippen LogP contribution in [0.1, 0.15) is 118 Å². The van der Waals surface area contributed by atoms with Crippen LogP contribution in [0.5, 0.6) is 0 Å². The van der Waals surface area contributed by atoms with Gasteiger partial charge in [-0.2, -0.15) is 0 Å². The van der Waals surface area contributed by atoms with Crippen LogP contribution in [-0.4, -0.2) is 37.2 Å². The van der Waals surface area contributed by atoms with Crippen LogP contribution in [0.25, 0.3) is 0 Å². The Morgan fingerprint density at radius 2 is 1.21 bits per heavy atom. The van der Waals surface area contributed by atoms with Gasteiger partial charge in [-0.05, 0) is 33.1 Å². The molecular formula is C24H47NO4. The third kappa shape index (κ3) is 16.4. The first kappa shape index (κ1) is 27.9. The Labute approximate surface area is 179 Å². The fraction of sp³-hybridized carbons (Fsp3) is 0.917. The Morgan fingerprint density at radius 1 is 0.690 bits per heavy atom. The molecule has 0 aliphatic rings. The molecule has 0 amide bonds. The molecule has 0 bridgehead atoms. The smallest absolute Gasteiger partial charge is 0.323 e. The van der Waals surface area contributed by atoms with Gasteiger partial charge in [-0.15, -0.1) is 0 Å². The van der Waals surface area contributed by atoms with Crippen molar-refractivity contribution in [1.29, 1.82) is 0 Å². The highest BCUT2D eigenvalue weighted by Crippen LogP contribution is 2.15. The lowest BCUT2D eigenvalue weighted by Crippen LogP contribution is -2.44. The summed E-state index contributed by atoms with van der Waals surface area (Å²) in [6, 6.07) is -0.134. The summed E-state index contributed by atoms with van der Waals surface area (Å²) < 4.78 is 10.3. The van der Waals surface area contributed by atoms with E-state index >= 15 is 0 Å². The van der Waals surface area contributed by atoms with Crippen LogP contribution in [0.4, 0.5) is 0 Å². The molecule has 0 heterocycles. The number of ether oxygens (including phenoxy) is 2. The summed E-state index contributed by atoms with van der Waals surface area (Å²) in [5.41, 5.74) is 0. The Morgan fingerprint density at radius 3 is 1.69 bits per heavy atom. The second-order valence-electron chi connectivity index (χ2n) is 7.92. The largest absolute Gasteiger partial charge is 0.466 e. The van der Waals surface area contributed by atoms with Crippen LogP contribution in [-0.2, 0) is 19.1 Å². The highest BCUT2D eigenvalue weighted by Gasteiger charge is 2.24. The molecule has 5 heteroatoms. The number of hydrogen-bond donors (Lipinski definition) is 1. The van der Waals surface area contributed by atoms with Crippen LogP contribution in [0, 0.1) is 0 Å². The first-order valence-corrected chi connectivity index (χ1v) is 12.2. The highest BCUT2D eigenvalue weighted by molar-refractivity contribution is 5.77. The predicted molar refractivity (Wildman–Crippen MR) is 120 cm³/mol. The van der Waals surface area contributed by atoms with Gasteiger partial charge in [-0.25, -0.2) is 0 Å². The Balaban J connectivity index is 4.72. The molecule has 0 unspecified atom stereocenters. The fourth-order valence-electron chi connectivity index (χ4n) is 3.59. The maximum atomic E-state index is 12.4. The van der Waals surface area contributed by atoms with Crippen LogP contribution >= 0.6 is 0 Å². The molecule has 0 rings (SSSR count). The second-order valence-corrected chi connectivity index (χ2v) is 7.92. The van der Waals surface area contributed by atoms with Crippen molar-refractivity contribution in [2.24, 2.45) is 0 Å². The SMILES string of the molecule is CCCCCCCC(CCCCCCC)N[C@@H](CCC(=O)OCC)C(=O)OCC. The van der Waals surface area contributed by atoms with E-state index in [1.807, 2.05) is 6.92 Å². The topological polar surface area (TPSA) is 64.6 Å². The first-order valence-electron chi connectivity index (χ1n) is 12.2. The van der Waals surface area contributed by atoms with Crippen LogP contribution < -0.4 is 5.32 Å². The lowest BCUT2D eigenvalue weighted by atomic mass is 9.98. The van der Waals surface area contributed by atoms with Crippen molar-refractivity contribution in [2.45, 2.75) is 130 Å². The number of rotatable bonds is 20. The molecule has 5 nitrogen and oxygen atoms in total. The van der Waals surface area contributed by atoms with Crippen molar-refractivity contribution < 1.29 is 19.1 Å². The number of unbranched alkanes of at least 4 members (excludes halogenated alkanes) is 8. The molecule has 0 aromatic heterocycles. The van der Waals surface area contributed by atoms with Gasteiger partial charge in [0.25, 0.3) is 0 Å². The molecule has 0 aromatic rings. The van der Waals surface area contributed by atoms with Gasteiger partial charge in [0, 0.05) is 12.5 Å². The maximum Gasteiger partial charge on any atom is 0.323 e. The van der Waals surface area contributed by atoms with Crippen molar-refractivity contribution in [3.63, 3.8) is 0 Å². The van der Waals surface area contributed by atoms with Crippen LogP contribution in [0.3, 0.4) is 0 Å². The van der Waals surface area contributed by atoms with Gasteiger partial charge in [0.15, 0.2) is 0 Å². The maximum absolute atomic E-state index is 12.4. The minimum absolute atomic E-state index is 0.240. The molecule has 0 fully saturated rings. The Kier molecular flexibility index (Phi) is 19.4. The number of esters is 2. The molecule has 0 saturated heterocycles. The van der Waals surface area contributed by atoms with E-state index in [2.05, 4.69) is 19.2 Å². The Bertz CT molecular complexity index is 386. The predicted octanol–water partition coefficient (Wildman–Crippen LogP) is 5.94. The minimum Gasteiger partial charge on any atom is -0.466 e. The number of carbonyl (C=O) groups excluding carboxylic acids is 2. The van der Waals surface area contributed by atoms with E-state index in [0.29, 0.717) is 25.7 Å². The summed E-state index contributed by atoms with van der Waals surface area (Å²) in [5, 5.41) is 3.54. The molecule has 29 heavy (non-hydrogen) atoms. The summed E-state index contributed by atoms with van der Waals surface area (Å²) in [5.74, 6) is -0.502. The molecule has 1 atom stereocenters. The van der Waals surface area contributed by atoms with Gasteiger partial charge in [-0.3, -0.25) is 9.59 Å². The van der Waals surface area contributed by atoms with Gasteiger partial charge >= 0.3 is 11.9 Å². The molecule has 0 spiro atoms. The summed E-state index contributed by atoms with van der Waals surface area (Å²) in [7, 11) is 0. The number of nitrogens with one attached hydrogen (secondary N) is 1. The second kappa shape index (κ2) is 20.2. The summed E-state index contributed by atoms with van der Waals surface area (Å²) in [6.07, 6.45) is 15.3. The van der Waals surface area contributed by atoms with E-state index in [1.165, 1.54) is 64.2 Å². The molecule has 0 aliphatic heterocycles. The van der Waals surface area contributed by atoms with E-state index in [4.69, 9.17) is 9.47 Å². The van der Waals surface area contributed by atoms with Crippen molar-refractivity contribution >= 4 is 11.9 Å². The molecular weight excluding hydrogens is 366 g/mol. The van der Waals surface area contributed by atoms with Gasteiger partial charge in [0.05, 0.1) is 13.2 Å². The monoisotopic (exact) mass is 413 g/mol. The lowest BCUT2D eigenvalue weighted by molar-refractivity contribution is -0.147. The van der Waals surface area contributed by atoms with Crippen molar-refractivity contribution in [1.82, 2.24) is 5.32 Å². The zero-order valence-corrected chi connectivity index (χ0v) is 19.6. The normalized spacial score (nSPS) is 12.2. The first-order chi connectivity index (χ1) is 14.1. The Hall–Kier alpha value is -1.10. The number of carbonyl (C=O) groups is 2. The lowest BCUT2D eigenvalue weighted by Gasteiger charge is -2.25. The van der Waals surface area contributed by atoms with Gasteiger partial charge < -0.3 is 14.8 Å². The highest BCUT2D eigenvalue weighted by atomic mass is 16.5. The molecule has 1 N–H and O–H groups in total. The number of hydrogen-bond acceptors (Lipinski definition) is 5. The zero-order valence-electron chi connectivity index (χ0n) is 19.6. The molecule has 0 saturated carbocycles. The molecule has 0 radical (unpaired) electrons. The summed E-state index contributed by atoms with van der Waals surface area (Å²) in [6.45, 7) is 8.80. The minimum atomic E-state index is -0.435. The van der Waals surface area contributed by atoms with E-state index in [0.717, 1.165) is 12.8 Å². The van der Waals surface area contributed by atoms with E-state index in [-0.39, 0.29) is 18.4 Å². The summed E-state index contributed by atoms with van der Waals surface area (Å²) >= 11 is 0. The van der Waals surface area contributed by atoms with Gasteiger partial charge in [0.2, 0.25) is 0 Å². The zero-order chi connectivity index (χ0) is 21.7. The average molecular weight is 414 g/mol. The summed E-state index contributed by atoms with van der Waals surface area (Å²) in [4.78, 5) is 24.2. The van der Waals surface area contributed by atoms with Crippen molar-refractivity contribution in [3.05, 3.63) is 0 Å². The van der Waals surface area contributed by atoms with Gasteiger partial charge in [0.1, 0.15) is 6.04 Å². The fourth-order valence-corrected chi connectivity index (χ4v) is 3.59. The van der Waals surface area contributed by atoms with Crippen molar-refractivity contribution in [3.8, 4) is 0 Å². The van der Waals surface area contributed by atoms with E-state index in [9.17, 15) is 9.59 Å². The van der Waals surface area contributed by atoms with Crippen LogP contribution in [0.15, 0.2) is 0 Å². The average Bonchev–Trinajstić information content (AvgIpc) is 2.70. The van der Waals surface area contributed by atoms with Gasteiger partial charge in [-0.1, -0.05) is 78.1 Å².